The molecule has 2 saturated carbocycles. The van der Waals surface area contributed by atoms with Gasteiger partial charge in [-0.15, -0.1) is 0 Å². The SMILES string of the molecule is C=C1[C@@H]2[C@@H](O[C@H]3CC(=O)O[C@@]4(C)COC(=O)C[C@@H]4[C@]32C)[C@H](OC(=O)[C@H](O)C(C)C)[C@@]2(C)[C@H](c3ccoc3)[C@@H](OC(=O)[C@H](O)C(C)C)[C@H]3O[C@]132. The summed E-state index contributed by atoms with van der Waals surface area (Å²) >= 11 is 0. The fourth-order valence-electron chi connectivity index (χ4n) is 10.2. The lowest BCUT2D eigenvalue weighted by Gasteiger charge is -2.56. The molecule has 13 heteroatoms. The van der Waals surface area contributed by atoms with Gasteiger partial charge in [0.1, 0.15) is 42.2 Å². The average molecular weight is 687 g/mol. The Morgan fingerprint density at radius 1 is 0.959 bits per heavy atom. The maximum atomic E-state index is 13.7. The van der Waals surface area contributed by atoms with E-state index in [1.54, 1.807) is 40.7 Å². The van der Waals surface area contributed by atoms with Crippen LogP contribution in [0.25, 0.3) is 0 Å². The van der Waals surface area contributed by atoms with Crippen LogP contribution < -0.4 is 0 Å². The summed E-state index contributed by atoms with van der Waals surface area (Å²) in [6.45, 7) is 16.9. The molecule has 2 N–H and O–H groups in total. The summed E-state index contributed by atoms with van der Waals surface area (Å²) < 4.78 is 42.9. The van der Waals surface area contributed by atoms with E-state index < -0.39 is 118 Å². The highest BCUT2D eigenvalue weighted by atomic mass is 16.7. The number of furan rings is 1. The molecule has 0 bridgehead atoms. The van der Waals surface area contributed by atoms with Gasteiger partial charge in [0.2, 0.25) is 0 Å². The van der Waals surface area contributed by atoms with E-state index in [2.05, 4.69) is 6.58 Å². The van der Waals surface area contributed by atoms with Gasteiger partial charge in [-0.2, -0.15) is 0 Å². The van der Waals surface area contributed by atoms with Gasteiger partial charge in [0, 0.05) is 23.2 Å². The molecule has 5 heterocycles. The van der Waals surface area contributed by atoms with Gasteiger partial charge in [0.05, 0.1) is 36.9 Å². The second-order valence-electron chi connectivity index (χ2n) is 16.1. The smallest absolute Gasteiger partial charge is 0.335 e. The molecule has 7 rings (SSSR count). The number of fused-ring (bicyclic) bond motifs is 5. The van der Waals surface area contributed by atoms with E-state index >= 15 is 0 Å². The van der Waals surface area contributed by atoms with Crippen molar-refractivity contribution in [2.75, 3.05) is 6.61 Å². The summed E-state index contributed by atoms with van der Waals surface area (Å²) in [5, 5.41) is 21.6. The lowest BCUT2D eigenvalue weighted by Crippen LogP contribution is -2.65. The Bertz CT molecular complexity index is 1570. The van der Waals surface area contributed by atoms with Crippen LogP contribution in [0, 0.1) is 34.5 Å². The Balaban J connectivity index is 1.40. The van der Waals surface area contributed by atoms with Gasteiger partial charge in [-0.1, -0.05) is 48.1 Å². The Labute approximate surface area is 284 Å². The van der Waals surface area contributed by atoms with Crippen molar-refractivity contribution in [1.82, 2.24) is 0 Å². The first-order chi connectivity index (χ1) is 22.9. The predicted octanol–water partition coefficient (Wildman–Crippen LogP) is 2.61. The molecule has 4 aliphatic heterocycles. The molecule has 4 saturated heterocycles. The number of cyclic esters (lactones) is 1. The minimum absolute atomic E-state index is 0.0489. The van der Waals surface area contributed by atoms with Crippen molar-refractivity contribution >= 4 is 23.9 Å². The Morgan fingerprint density at radius 3 is 2.22 bits per heavy atom. The average Bonchev–Trinajstić information content (AvgIpc) is 3.34. The van der Waals surface area contributed by atoms with Crippen molar-refractivity contribution in [2.45, 2.75) is 121 Å². The van der Waals surface area contributed by atoms with Crippen LogP contribution in [0.5, 0.6) is 0 Å². The number of carbonyl (C=O) groups is 4. The second kappa shape index (κ2) is 11.1. The van der Waals surface area contributed by atoms with Crippen molar-refractivity contribution in [2.24, 2.45) is 34.5 Å². The summed E-state index contributed by atoms with van der Waals surface area (Å²) in [5.41, 5.74) is -3.38. The number of hydrogen-bond donors (Lipinski definition) is 2. The van der Waals surface area contributed by atoms with E-state index in [1.165, 1.54) is 12.5 Å². The number of ether oxygens (including phenoxy) is 6. The fourth-order valence-corrected chi connectivity index (χ4v) is 10.2. The third-order valence-corrected chi connectivity index (χ3v) is 12.7. The summed E-state index contributed by atoms with van der Waals surface area (Å²) in [4.78, 5) is 53.3. The molecule has 13 nitrogen and oxygen atoms in total. The molecule has 0 radical (unpaired) electrons. The third kappa shape index (κ3) is 4.50. The number of aliphatic hydroxyl groups is 2. The van der Waals surface area contributed by atoms with Gasteiger partial charge in [-0.05, 0) is 36.0 Å². The highest BCUT2D eigenvalue weighted by Gasteiger charge is 2.89. The van der Waals surface area contributed by atoms with Gasteiger partial charge in [-0.3, -0.25) is 9.59 Å². The van der Waals surface area contributed by atoms with Gasteiger partial charge in [0.15, 0.2) is 12.2 Å². The van der Waals surface area contributed by atoms with Crippen LogP contribution >= 0.6 is 0 Å². The van der Waals surface area contributed by atoms with Gasteiger partial charge in [-0.25, -0.2) is 9.59 Å². The van der Waals surface area contributed by atoms with Crippen LogP contribution in [-0.2, 0) is 47.6 Å². The van der Waals surface area contributed by atoms with Crippen molar-refractivity contribution in [3.63, 3.8) is 0 Å². The van der Waals surface area contributed by atoms with E-state index in [4.69, 9.17) is 32.8 Å². The van der Waals surface area contributed by atoms with Crippen molar-refractivity contribution < 1.29 is 62.2 Å². The standard InChI is InChI=1S/C36H46O13/c1-15(2)25(39)31(41)46-28-24(18-9-10-43-13-18)35(8)29(47-32(42)26(40)16(3)4)27-23(17(5)36(35)30(28)49-36)34(7)19-11-21(37)44-14-33(19,6)48-22(38)12-20(34)45-27/h9-10,13,15-16,19-20,23-30,39-40H,5,11-12,14H2,1-4,6-8H3/t19-,20-,23+,24+,25+,26+,27+,28+,29-,30+,33-,34+,35+,36+/m0/s1. The number of aliphatic hydroxyl groups excluding tert-OH is 2. The quantitative estimate of drug-likeness (QED) is 0.185. The largest absolute Gasteiger partial charge is 0.472 e. The zero-order chi connectivity index (χ0) is 35.6. The zero-order valence-corrected chi connectivity index (χ0v) is 28.9. The summed E-state index contributed by atoms with van der Waals surface area (Å²) in [6.07, 6.45) is -4.56. The number of carbonyl (C=O) groups excluding carboxylic acids is 4. The van der Waals surface area contributed by atoms with Crippen LogP contribution in [0.2, 0.25) is 0 Å². The molecule has 0 amide bonds. The lowest BCUT2D eigenvalue weighted by atomic mass is 9.49. The van der Waals surface area contributed by atoms with Gasteiger partial charge in [0.25, 0.3) is 0 Å². The Morgan fingerprint density at radius 2 is 1.61 bits per heavy atom. The third-order valence-electron chi connectivity index (χ3n) is 12.7. The maximum Gasteiger partial charge on any atom is 0.335 e. The van der Waals surface area contributed by atoms with E-state index in [0.717, 1.165) is 0 Å². The van der Waals surface area contributed by atoms with Crippen molar-refractivity contribution in [1.29, 1.82) is 0 Å². The van der Waals surface area contributed by atoms with E-state index in [1.807, 2.05) is 13.8 Å². The molecule has 0 aromatic carbocycles. The maximum absolute atomic E-state index is 13.7. The first-order valence-corrected chi connectivity index (χ1v) is 17.1. The van der Waals surface area contributed by atoms with Crippen molar-refractivity contribution in [3.05, 3.63) is 36.3 Å². The number of hydrogen-bond acceptors (Lipinski definition) is 13. The minimum atomic E-state index is -1.46. The van der Waals surface area contributed by atoms with Crippen LogP contribution in [0.4, 0.5) is 0 Å². The van der Waals surface area contributed by atoms with Crippen LogP contribution in [0.3, 0.4) is 0 Å². The van der Waals surface area contributed by atoms with E-state index in [0.29, 0.717) is 11.1 Å². The van der Waals surface area contributed by atoms with Crippen LogP contribution in [-0.4, -0.2) is 94.6 Å². The molecular formula is C36H46O13. The first kappa shape index (κ1) is 34.2. The molecule has 6 fully saturated rings. The van der Waals surface area contributed by atoms with E-state index in [9.17, 15) is 29.4 Å². The summed E-state index contributed by atoms with van der Waals surface area (Å²) in [7, 11) is 0. The fraction of sp³-hybridized carbons (Fsp3) is 0.722. The molecular weight excluding hydrogens is 640 g/mol. The predicted molar refractivity (Wildman–Crippen MR) is 166 cm³/mol. The number of epoxide rings is 1. The monoisotopic (exact) mass is 686 g/mol. The van der Waals surface area contributed by atoms with Gasteiger partial charge < -0.3 is 43.1 Å². The summed E-state index contributed by atoms with van der Waals surface area (Å²) in [5.74, 6) is -5.45. The molecule has 268 valence electrons. The van der Waals surface area contributed by atoms with Crippen LogP contribution in [0.15, 0.2) is 35.2 Å². The number of rotatable bonds is 7. The minimum Gasteiger partial charge on any atom is -0.472 e. The molecule has 2 aliphatic carbocycles. The molecule has 49 heavy (non-hydrogen) atoms. The molecule has 0 unspecified atom stereocenters. The van der Waals surface area contributed by atoms with E-state index in [-0.39, 0.29) is 19.4 Å². The first-order valence-electron chi connectivity index (χ1n) is 17.1. The Kier molecular flexibility index (Phi) is 7.76. The molecule has 6 aliphatic rings. The highest BCUT2D eigenvalue weighted by Crippen LogP contribution is 2.78. The summed E-state index contributed by atoms with van der Waals surface area (Å²) in [6, 6.07) is 1.74. The normalized spacial score (nSPS) is 44.8. The second-order valence-corrected chi connectivity index (χ2v) is 16.1. The molecule has 1 spiro atoms. The van der Waals surface area contributed by atoms with Gasteiger partial charge >= 0.3 is 23.9 Å². The zero-order valence-electron chi connectivity index (χ0n) is 28.9. The Hall–Kier alpha value is -3.26. The number of esters is 4. The molecule has 1 aromatic heterocycles. The topological polar surface area (TPSA) is 181 Å². The van der Waals surface area contributed by atoms with Crippen molar-refractivity contribution in [3.8, 4) is 0 Å². The van der Waals surface area contributed by atoms with Crippen LogP contribution in [0.1, 0.15) is 72.8 Å². The molecule has 1 aromatic rings. The molecule has 14 atom stereocenters. The lowest BCUT2D eigenvalue weighted by molar-refractivity contribution is -0.206. The highest BCUT2D eigenvalue weighted by molar-refractivity contribution is 5.77.